The number of aliphatic hydroxyl groups is 1. The summed E-state index contributed by atoms with van der Waals surface area (Å²) in [6.45, 7) is 1.96. The standard InChI is InChI=1S/C7H9NOS/c1-5-8-4-6(10-5)7(9)2-3-7/h4,9H,2-3H2,1H3. The van der Waals surface area contributed by atoms with Crippen molar-refractivity contribution in [3.05, 3.63) is 16.1 Å². The van der Waals surface area contributed by atoms with Crippen LogP contribution in [0.25, 0.3) is 0 Å². The molecule has 0 bridgehead atoms. The van der Waals surface area contributed by atoms with Crippen molar-refractivity contribution < 1.29 is 5.11 Å². The third kappa shape index (κ3) is 0.859. The van der Waals surface area contributed by atoms with Crippen molar-refractivity contribution >= 4 is 11.3 Å². The molecular formula is C7H9NOS. The molecule has 0 radical (unpaired) electrons. The lowest BCUT2D eigenvalue weighted by atomic mass is 10.3. The van der Waals surface area contributed by atoms with Crippen LogP contribution in [0.3, 0.4) is 0 Å². The van der Waals surface area contributed by atoms with Gasteiger partial charge in [0, 0.05) is 6.20 Å². The highest BCUT2D eigenvalue weighted by Crippen LogP contribution is 2.47. The lowest BCUT2D eigenvalue weighted by Crippen LogP contribution is -1.99. The third-order valence-corrected chi connectivity index (χ3v) is 2.91. The molecule has 10 heavy (non-hydrogen) atoms. The molecule has 1 aliphatic carbocycles. The third-order valence-electron chi connectivity index (χ3n) is 1.80. The molecule has 1 N–H and O–H groups in total. The van der Waals surface area contributed by atoms with Crippen LogP contribution in [0.5, 0.6) is 0 Å². The van der Waals surface area contributed by atoms with Crippen molar-refractivity contribution in [3.8, 4) is 0 Å². The second-order valence-electron chi connectivity index (χ2n) is 2.78. The van der Waals surface area contributed by atoms with Gasteiger partial charge in [-0.1, -0.05) is 0 Å². The van der Waals surface area contributed by atoms with E-state index in [1.165, 1.54) is 0 Å². The van der Waals surface area contributed by atoms with Gasteiger partial charge in [0.25, 0.3) is 0 Å². The summed E-state index contributed by atoms with van der Waals surface area (Å²) in [4.78, 5) is 5.11. The van der Waals surface area contributed by atoms with Crippen LogP contribution in [-0.2, 0) is 5.60 Å². The lowest BCUT2D eigenvalue weighted by molar-refractivity contribution is 0.155. The van der Waals surface area contributed by atoms with E-state index in [-0.39, 0.29) is 0 Å². The summed E-state index contributed by atoms with van der Waals surface area (Å²) in [6.07, 6.45) is 3.61. The second kappa shape index (κ2) is 1.80. The normalized spacial score (nSPS) is 21.0. The Hall–Kier alpha value is -0.410. The van der Waals surface area contributed by atoms with Crippen LogP contribution in [0.15, 0.2) is 6.20 Å². The molecule has 1 aliphatic rings. The molecule has 2 nitrogen and oxygen atoms in total. The van der Waals surface area contributed by atoms with Crippen LogP contribution < -0.4 is 0 Å². The number of rotatable bonds is 1. The molecule has 0 aliphatic heterocycles. The van der Waals surface area contributed by atoms with Crippen molar-refractivity contribution in [2.45, 2.75) is 25.4 Å². The number of nitrogens with zero attached hydrogens (tertiary/aromatic N) is 1. The SMILES string of the molecule is Cc1ncc(C2(O)CC2)s1. The first-order valence-electron chi connectivity index (χ1n) is 3.36. The molecule has 3 heteroatoms. The fourth-order valence-electron chi connectivity index (χ4n) is 0.941. The summed E-state index contributed by atoms with van der Waals surface area (Å²) >= 11 is 1.60. The van der Waals surface area contributed by atoms with Gasteiger partial charge in [-0.05, 0) is 19.8 Å². The second-order valence-corrected chi connectivity index (χ2v) is 4.01. The van der Waals surface area contributed by atoms with Gasteiger partial charge in [-0.25, -0.2) is 4.98 Å². The Bertz CT molecular complexity index is 252. The molecule has 0 aromatic carbocycles. The van der Waals surface area contributed by atoms with Gasteiger partial charge in [-0.15, -0.1) is 11.3 Å². The molecule has 1 fully saturated rings. The summed E-state index contributed by atoms with van der Waals surface area (Å²) in [7, 11) is 0. The van der Waals surface area contributed by atoms with Crippen LogP contribution in [0.2, 0.25) is 0 Å². The number of hydrogen-bond acceptors (Lipinski definition) is 3. The highest BCUT2D eigenvalue weighted by molar-refractivity contribution is 7.11. The molecule has 1 aromatic heterocycles. The van der Waals surface area contributed by atoms with E-state index in [9.17, 15) is 5.11 Å². The van der Waals surface area contributed by atoms with Crippen LogP contribution in [0.1, 0.15) is 22.7 Å². The molecule has 0 amide bonds. The average molecular weight is 155 g/mol. The maximum Gasteiger partial charge on any atom is 0.101 e. The first-order valence-corrected chi connectivity index (χ1v) is 4.18. The summed E-state index contributed by atoms with van der Waals surface area (Å²) in [5.41, 5.74) is -0.480. The number of thiazole rings is 1. The van der Waals surface area contributed by atoms with E-state index in [1.807, 2.05) is 6.92 Å². The van der Waals surface area contributed by atoms with Crippen molar-refractivity contribution in [2.75, 3.05) is 0 Å². The van der Waals surface area contributed by atoms with Crippen molar-refractivity contribution in [1.29, 1.82) is 0 Å². The fourth-order valence-corrected chi connectivity index (χ4v) is 1.86. The van der Waals surface area contributed by atoms with Crippen molar-refractivity contribution in [1.82, 2.24) is 4.98 Å². The first kappa shape index (κ1) is 6.31. The molecule has 0 spiro atoms. The van der Waals surface area contributed by atoms with Gasteiger partial charge in [-0.3, -0.25) is 0 Å². The molecule has 1 saturated carbocycles. The van der Waals surface area contributed by atoms with E-state index < -0.39 is 5.60 Å². The quantitative estimate of drug-likeness (QED) is 0.665. The minimum atomic E-state index is -0.480. The van der Waals surface area contributed by atoms with Gasteiger partial charge in [0.15, 0.2) is 0 Å². The summed E-state index contributed by atoms with van der Waals surface area (Å²) in [5, 5.41) is 10.6. The topological polar surface area (TPSA) is 33.1 Å². The highest BCUT2D eigenvalue weighted by Gasteiger charge is 2.43. The Morgan fingerprint density at radius 1 is 1.70 bits per heavy atom. The molecule has 0 unspecified atom stereocenters. The monoisotopic (exact) mass is 155 g/mol. The molecule has 2 rings (SSSR count). The molecule has 54 valence electrons. The van der Waals surface area contributed by atoms with Crippen molar-refractivity contribution in [2.24, 2.45) is 0 Å². The minimum absolute atomic E-state index is 0.480. The maximum atomic E-state index is 9.58. The van der Waals surface area contributed by atoms with Crippen molar-refractivity contribution in [3.63, 3.8) is 0 Å². The smallest absolute Gasteiger partial charge is 0.101 e. The minimum Gasteiger partial charge on any atom is -0.384 e. The maximum absolute atomic E-state index is 9.58. The highest BCUT2D eigenvalue weighted by atomic mass is 32.1. The van der Waals surface area contributed by atoms with Gasteiger partial charge in [0.1, 0.15) is 5.60 Å². The largest absolute Gasteiger partial charge is 0.384 e. The van der Waals surface area contributed by atoms with Crippen LogP contribution in [-0.4, -0.2) is 10.1 Å². The predicted octanol–water partition coefficient (Wildman–Crippen LogP) is 1.43. The molecule has 0 saturated heterocycles. The van der Waals surface area contributed by atoms with E-state index in [2.05, 4.69) is 4.98 Å². The number of hydrogen-bond donors (Lipinski definition) is 1. The Labute approximate surface area is 63.5 Å². The predicted molar refractivity (Wildman–Crippen MR) is 40.0 cm³/mol. The van der Waals surface area contributed by atoms with E-state index in [0.29, 0.717) is 0 Å². The lowest BCUT2D eigenvalue weighted by Gasteiger charge is -1.99. The van der Waals surface area contributed by atoms with Gasteiger partial charge in [0.05, 0.1) is 9.88 Å². The van der Waals surface area contributed by atoms with Gasteiger partial charge < -0.3 is 5.11 Å². The van der Waals surface area contributed by atoms with Gasteiger partial charge in [-0.2, -0.15) is 0 Å². The molecule has 0 atom stereocenters. The van der Waals surface area contributed by atoms with E-state index >= 15 is 0 Å². The Kier molecular flexibility index (Phi) is 1.13. The van der Waals surface area contributed by atoms with Crippen LogP contribution in [0, 0.1) is 6.92 Å². The first-order chi connectivity index (χ1) is 4.71. The molecular weight excluding hydrogens is 146 g/mol. The average Bonchev–Trinajstić information content (AvgIpc) is 2.45. The van der Waals surface area contributed by atoms with Gasteiger partial charge in [0.2, 0.25) is 0 Å². The zero-order valence-electron chi connectivity index (χ0n) is 5.79. The summed E-state index contributed by atoms with van der Waals surface area (Å²) < 4.78 is 0. The Balaban J connectivity index is 2.34. The van der Waals surface area contributed by atoms with Crippen LogP contribution in [0.4, 0.5) is 0 Å². The summed E-state index contributed by atoms with van der Waals surface area (Å²) in [6, 6.07) is 0. The molecule has 1 aromatic rings. The zero-order valence-corrected chi connectivity index (χ0v) is 6.61. The summed E-state index contributed by atoms with van der Waals surface area (Å²) in [5.74, 6) is 0. The number of aromatic nitrogens is 1. The van der Waals surface area contributed by atoms with Gasteiger partial charge >= 0.3 is 0 Å². The number of aryl methyl sites for hydroxylation is 1. The molecule has 1 heterocycles. The Morgan fingerprint density at radius 3 is 2.80 bits per heavy atom. The van der Waals surface area contributed by atoms with Crippen LogP contribution >= 0.6 is 11.3 Å². The van der Waals surface area contributed by atoms with E-state index in [4.69, 9.17) is 0 Å². The zero-order chi connectivity index (χ0) is 7.19. The fraction of sp³-hybridized carbons (Fsp3) is 0.571. The van der Waals surface area contributed by atoms with E-state index in [0.717, 1.165) is 22.7 Å². The van der Waals surface area contributed by atoms with E-state index in [1.54, 1.807) is 17.5 Å². The Morgan fingerprint density at radius 2 is 2.40 bits per heavy atom.